The maximum atomic E-state index is 13.1. The molecular weight excluding hydrogens is 356 g/mol. The first-order chi connectivity index (χ1) is 13.3. The van der Waals surface area contributed by atoms with E-state index in [4.69, 9.17) is 5.73 Å². The highest BCUT2D eigenvalue weighted by Gasteiger charge is 2.34. The van der Waals surface area contributed by atoms with E-state index in [2.05, 4.69) is 10.6 Å². The maximum absolute atomic E-state index is 13.1. The van der Waals surface area contributed by atoms with E-state index in [9.17, 15) is 14.4 Å². The number of benzene rings is 2. The number of amides is 3. The van der Waals surface area contributed by atoms with Crippen LogP contribution in [0.2, 0.25) is 0 Å². The molecule has 1 heterocycles. The topological polar surface area (TPSA) is 105 Å². The molecule has 1 aliphatic rings. The molecule has 1 saturated heterocycles. The van der Waals surface area contributed by atoms with Gasteiger partial charge in [0.25, 0.3) is 5.91 Å². The number of rotatable bonds is 4. The molecule has 0 saturated carbocycles. The van der Waals surface area contributed by atoms with Gasteiger partial charge in [-0.15, -0.1) is 0 Å². The van der Waals surface area contributed by atoms with Gasteiger partial charge in [-0.3, -0.25) is 14.4 Å². The second-order valence-electron chi connectivity index (χ2n) is 7.05. The number of nitrogens with one attached hydrogen (secondary N) is 2. The fourth-order valence-corrected chi connectivity index (χ4v) is 3.53. The zero-order valence-electron chi connectivity index (χ0n) is 15.9. The number of likely N-dealkylation sites (tertiary alicyclic amines) is 1. The number of hydrogen-bond acceptors (Lipinski definition) is 4. The second kappa shape index (κ2) is 8.22. The van der Waals surface area contributed by atoms with Gasteiger partial charge in [0.1, 0.15) is 0 Å². The first-order valence-corrected chi connectivity index (χ1v) is 9.13. The summed E-state index contributed by atoms with van der Waals surface area (Å²) < 4.78 is 0. The van der Waals surface area contributed by atoms with Crippen LogP contribution in [0.5, 0.6) is 0 Å². The zero-order valence-corrected chi connectivity index (χ0v) is 15.9. The van der Waals surface area contributed by atoms with Crippen molar-refractivity contribution >= 4 is 29.1 Å². The van der Waals surface area contributed by atoms with Crippen LogP contribution in [0.15, 0.2) is 48.5 Å². The fraction of sp³-hybridized carbons (Fsp3) is 0.286. The lowest BCUT2D eigenvalue weighted by molar-refractivity contribution is -0.115. The molecule has 2 atom stereocenters. The minimum absolute atomic E-state index is 0.0680. The molecular formula is C21H24N4O3. The third-order valence-electron chi connectivity index (χ3n) is 4.70. The number of nitrogens with zero attached hydrogens (tertiary/aromatic N) is 1. The van der Waals surface area contributed by atoms with Crippen LogP contribution in [-0.2, 0) is 9.59 Å². The van der Waals surface area contributed by atoms with E-state index in [1.165, 1.54) is 13.8 Å². The highest BCUT2D eigenvalue weighted by atomic mass is 16.2. The molecule has 7 heteroatoms. The van der Waals surface area contributed by atoms with Crippen molar-refractivity contribution in [3.8, 4) is 0 Å². The fourth-order valence-electron chi connectivity index (χ4n) is 3.53. The van der Waals surface area contributed by atoms with Gasteiger partial charge in [0.15, 0.2) is 0 Å². The van der Waals surface area contributed by atoms with Crippen molar-refractivity contribution in [2.24, 2.45) is 5.73 Å². The van der Waals surface area contributed by atoms with Gasteiger partial charge >= 0.3 is 0 Å². The molecule has 0 bridgehead atoms. The van der Waals surface area contributed by atoms with E-state index < -0.39 is 0 Å². The SMILES string of the molecule is CC(=O)Nc1cc(NC(C)=O)cc(C(=O)N2C[C@@H](N)[C@H](c3ccccc3)C2)c1. The van der Waals surface area contributed by atoms with Gasteiger partial charge in [0, 0.05) is 55.8 Å². The highest BCUT2D eigenvalue weighted by molar-refractivity contribution is 6.00. The molecule has 3 amide bonds. The smallest absolute Gasteiger partial charge is 0.254 e. The lowest BCUT2D eigenvalue weighted by Crippen LogP contribution is -2.32. The summed E-state index contributed by atoms with van der Waals surface area (Å²) in [4.78, 5) is 37.6. The number of nitrogens with two attached hydrogens (primary N) is 1. The van der Waals surface area contributed by atoms with E-state index in [-0.39, 0.29) is 29.7 Å². The normalized spacial score (nSPS) is 18.6. The molecule has 1 aliphatic heterocycles. The third kappa shape index (κ3) is 4.55. The van der Waals surface area contributed by atoms with Gasteiger partial charge in [-0.2, -0.15) is 0 Å². The van der Waals surface area contributed by atoms with E-state index >= 15 is 0 Å². The van der Waals surface area contributed by atoms with Gasteiger partial charge in [-0.1, -0.05) is 30.3 Å². The van der Waals surface area contributed by atoms with E-state index in [1.54, 1.807) is 23.1 Å². The summed E-state index contributed by atoms with van der Waals surface area (Å²) in [6.45, 7) is 3.73. The van der Waals surface area contributed by atoms with Crippen LogP contribution in [-0.4, -0.2) is 41.8 Å². The lowest BCUT2D eigenvalue weighted by Gasteiger charge is -2.18. The molecule has 2 aromatic carbocycles. The van der Waals surface area contributed by atoms with Crippen LogP contribution in [0.25, 0.3) is 0 Å². The Hall–Kier alpha value is -3.19. The summed E-state index contributed by atoms with van der Waals surface area (Å²) in [5, 5.41) is 5.32. The summed E-state index contributed by atoms with van der Waals surface area (Å²) in [7, 11) is 0. The Morgan fingerprint density at radius 2 is 1.50 bits per heavy atom. The Kier molecular flexibility index (Phi) is 5.75. The third-order valence-corrected chi connectivity index (χ3v) is 4.70. The average Bonchev–Trinajstić information content (AvgIpc) is 3.02. The summed E-state index contributed by atoms with van der Waals surface area (Å²) in [5.74, 6) is -0.636. The first-order valence-electron chi connectivity index (χ1n) is 9.13. The zero-order chi connectivity index (χ0) is 20.3. The van der Waals surface area contributed by atoms with Crippen molar-refractivity contribution in [2.45, 2.75) is 25.8 Å². The molecule has 0 aromatic heterocycles. The Balaban J connectivity index is 1.85. The molecule has 1 fully saturated rings. The number of hydrogen-bond donors (Lipinski definition) is 3. The maximum Gasteiger partial charge on any atom is 0.254 e. The molecule has 3 rings (SSSR count). The summed E-state index contributed by atoms with van der Waals surface area (Å²) in [5.41, 5.74) is 8.69. The van der Waals surface area contributed by atoms with Crippen LogP contribution in [0.4, 0.5) is 11.4 Å². The summed E-state index contributed by atoms with van der Waals surface area (Å²) in [6.07, 6.45) is 0. The van der Waals surface area contributed by atoms with Gasteiger partial charge in [-0.25, -0.2) is 0 Å². The summed E-state index contributed by atoms with van der Waals surface area (Å²) >= 11 is 0. The largest absolute Gasteiger partial charge is 0.336 e. The first kappa shape index (κ1) is 19.6. The molecule has 0 radical (unpaired) electrons. The van der Waals surface area contributed by atoms with Crippen molar-refractivity contribution in [2.75, 3.05) is 23.7 Å². The molecule has 2 aromatic rings. The quantitative estimate of drug-likeness (QED) is 0.756. The molecule has 0 unspecified atom stereocenters. The highest BCUT2D eigenvalue weighted by Crippen LogP contribution is 2.28. The Bertz CT molecular complexity index is 864. The van der Waals surface area contributed by atoms with Gasteiger partial charge in [-0.05, 0) is 23.8 Å². The molecule has 28 heavy (non-hydrogen) atoms. The average molecular weight is 380 g/mol. The minimum atomic E-state index is -0.259. The number of carbonyl (C=O) groups excluding carboxylic acids is 3. The minimum Gasteiger partial charge on any atom is -0.336 e. The second-order valence-corrected chi connectivity index (χ2v) is 7.05. The van der Waals surface area contributed by atoms with Crippen molar-refractivity contribution in [1.82, 2.24) is 4.90 Å². The van der Waals surface area contributed by atoms with Crippen molar-refractivity contribution < 1.29 is 14.4 Å². The van der Waals surface area contributed by atoms with Gasteiger partial charge in [0.05, 0.1) is 0 Å². The monoisotopic (exact) mass is 380 g/mol. The van der Waals surface area contributed by atoms with Crippen LogP contribution in [0.1, 0.15) is 35.7 Å². The van der Waals surface area contributed by atoms with Crippen LogP contribution >= 0.6 is 0 Å². The predicted molar refractivity (Wildman–Crippen MR) is 108 cm³/mol. The van der Waals surface area contributed by atoms with Crippen molar-refractivity contribution in [3.05, 3.63) is 59.7 Å². The number of anilines is 2. The van der Waals surface area contributed by atoms with Gasteiger partial charge < -0.3 is 21.3 Å². The summed E-state index contributed by atoms with van der Waals surface area (Å²) in [6, 6.07) is 14.6. The van der Waals surface area contributed by atoms with E-state index in [0.29, 0.717) is 30.0 Å². The van der Waals surface area contributed by atoms with Crippen LogP contribution in [0, 0.1) is 0 Å². The van der Waals surface area contributed by atoms with E-state index in [1.807, 2.05) is 30.3 Å². The molecule has 4 N–H and O–H groups in total. The molecule has 146 valence electrons. The van der Waals surface area contributed by atoms with E-state index in [0.717, 1.165) is 5.56 Å². The Morgan fingerprint density at radius 1 is 0.929 bits per heavy atom. The Morgan fingerprint density at radius 3 is 2.04 bits per heavy atom. The van der Waals surface area contributed by atoms with Crippen LogP contribution < -0.4 is 16.4 Å². The van der Waals surface area contributed by atoms with Crippen molar-refractivity contribution in [1.29, 1.82) is 0 Å². The predicted octanol–water partition coefficient (Wildman–Crippen LogP) is 2.17. The molecule has 7 nitrogen and oxygen atoms in total. The van der Waals surface area contributed by atoms with Crippen molar-refractivity contribution in [3.63, 3.8) is 0 Å². The number of carbonyl (C=O) groups is 3. The standard InChI is InChI=1S/C21H24N4O3/c1-13(26)23-17-8-16(9-18(10-17)24-14(2)27)21(28)25-11-19(20(22)12-25)15-6-4-3-5-7-15/h3-10,19-20H,11-12,22H2,1-2H3,(H,23,26)(H,24,27)/t19-,20+/m0/s1. The Labute approximate surface area is 163 Å². The molecule has 0 aliphatic carbocycles. The molecule has 0 spiro atoms. The van der Waals surface area contributed by atoms with Gasteiger partial charge in [0.2, 0.25) is 11.8 Å². The van der Waals surface area contributed by atoms with Crippen LogP contribution in [0.3, 0.4) is 0 Å². The lowest BCUT2D eigenvalue weighted by atomic mass is 9.95.